The molecule has 2 N–H and O–H groups in total. The molecule has 0 fully saturated rings. The highest BCUT2D eigenvalue weighted by Crippen LogP contribution is 2.20. The maximum Gasteiger partial charge on any atom is 0.243 e. The van der Waals surface area contributed by atoms with Crippen molar-refractivity contribution in [3.05, 3.63) is 65.2 Å². The lowest BCUT2D eigenvalue weighted by molar-refractivity contribution is 0.169. The topological polar surface area (TPSA) is 66.4 Å². The summed E-state index contributed by atoms with van der Waals surface area (Å²) in [7, 11) is -4.11. The van der Waals surface area contributed by atoms with E-state index < -0.39 is 32.7 Å². The van der Waals surface area contributed by atoms with Crippen LogP contribution in [0.15, 0.2) is 47.4 Å². The number of halogens is 2. The van der Waals surface area contributed by atoms with Crippen molar-refractivity contribution in [2.75, 3.05) is 6.54 Å². The molecule has 0 aromatic heterocycles. The molecule has 0 amide bonds. The summed E-state index contributed by atoms with van der Waals surface area (Å²) in [6, 6.07) is 10.3. The van der Waals surface area contributed by atoms with Crippen LogP contribution in [-0.2, 0) is 10.0 Å². The fourth-order valence-electron chi connectivity index (χ4n) is 2.09. The Kier molecular flexibility index (Phi) is 5.46. The molecule has 0 bridgehead atoms. The quantitative estimate of drug-likeness (QED) is 0.849. The number of nitrogens with one attached hydrogen (secondary N) is 1. The van der Waals surface area contributed by atoms with E-state index in [0.29, 0.717) is 11.6 Å². The molecular weight excluding hydrogens is 324 g/mol. The van der Waals surface area contributed by atoms with Crippen molar-refractivity contribution in [1.29, 1.82) is 0 Å². The lowest BCUT2D eigenvalue weighted by Crippen LogP contribution is -2.27. The molecular formula is C16H17F2NO3S. The molecule has 1 atom stereocenters. The van der Waals surface area contributed by atoms with Gasteiger partial charge in [0, 0.05) is 12.6 Å². The molecule has 0 heterocycles. The van der Waals surface area contributed by atoms with Gasteiger partial charge in [0.15, 0.2) is 0 Å². The third kappa shape index (κ3) is 4.34. The molecule has 2 aromatic rings. The first-order valence-corrected chi connectivity index (χ1v) is 8.48. The largest absolute Gasteiger partial charge is 0.388 e. The second-order valence-corrected chi connectivity index (χ2v) is 6.88. The van der Waals surface area contributed by atoms with Crippen LogP contribution in [0.2, 0.25) is 0 Å². The van der Waals surface area contributed by atoms with Crippen LogP contribution in [0.25, 0.3) is 0 Å². The van der Waals surface area contributed by atoms with Gasteiger partial charge in [-0.25, -0.2) is 21.9 Å². The zero-order chi connectivity index (χ0) is 17.0. The smallest absolute Gasteiger partial charge is 0.243 e. The Morgan fingerprint density at radius 3 is 2.43 bits per heavy atom. The number of benzene rings is 2. The molecule has 23 heavy (non-hydrogen) atoms. The number of sulfonamides is 1. The Hall–Kier alpha value is -1.83. The normalized spacial score (nSPS) is 13.0. The fraction of sp³-hybridized carbons (Fsp3) is 0.250. The van der Waals surface area contributed by atoms with Gasteiger partial charge in [-0.2, -0.15) is 0 Å². The van der Waals surface area contributed by atoms with E-state index >= 15 is 0 Å². The highest BCUT2D eigenvalue weighted by atomic mass is 32.2. The second-order valence-electron chi connectivity index (χ2n) is 5.14. The summed E-state index contributed by atoms with van der Waals surface area (Å²) >= 11 is 0. The summed E-state index contributed by atoms with van der Waals surface area (Å²) in [6.07, 6.45) is -0.705. The highest BCUT2D eigenvalue weighted by Gasteiger charge is 2.21. The van der Waals surface area contributed by atoms with Crippen molar-refractivity contribution < 1.29 is 22.3 Å². The van der Waals surface area contributed by atoms with Gasteiger partial charge in [-0.3, -0.25) is 0 Å². The first-order chi connectivity index (χ1) is 10.8. The van der Waals surface area contributed by atoms with Crippen LogP contribution in [0.1, 0.15) is 23.7 Å². The van der Waals surface area contributed by atoms with Crippen LogP contribution in [0.5, 0.6) is 0 Å². The van der Waals surface area contributed by atoms with Crippen molar-refractivity contribution in [2.45, 2.75) is 24.3 Å². The number of aliphatic hydroxyl groups is 1. The molecule has 124 valence electrons. The number of aliphatic hydroxyl groups excluding tert-OH is 1. The summed E-state index contributed by atoms with van der Waals surface area (Å²) in [4.78, 5) is -0.606. The fourth-order valence-corrected chi connectivity index (χ4v) is 3.28. The first kappa shape index (κ1) is 17.5. The first-order valence-electron chi connectivity index (χ1n) is 6.99. The number of aryl methyl sites for hydroxylation is 1. The van der Waals surface area contributed by atoms with Gasteiger partial charge in [0.1, 0.15) is 16.5 Å². The summed E-state index contributed by atoms with van der Waals surface area (Å²) in [6.45, 7) is 1.28. The maximum atomic E-state index is 13.7. The number of hydrogen-bond donors (Lipinski definition) is 2. The summed E-state index contributed by atoms with van der Waals surface area (Å²) in [5.41, 5.74) is 0.701. The SMILES string of the molecule is Cc1cc(S(=O)(=O)NCCC(O)c2ccccc2)c(F)cc1F. The highest BCUT2D eigenvalue weighted by molar-refractivity contribution is 7.89. The molecule has 0 radical (unpaired) electrons. The molecule has 0 saturated carbocycles. The second kappa shape index (κ2) is 7.16. The van der Waals surface area contributed by atoms with Crippen LogP contribution in [0.4, 0.5) is 8.78 Å². The van der Waals surface area contributed by atoms with Crippen molar-refractivity contribution in [1.82, 2.24) is 4.72 Å². The molecule has 0 saturated heterocycles. The van der Waals surface area contributed by atoms with Crippen LogP contribution < -0.4 is 4.72 Å². The van der Waals surface area contributed by atoms with E-state index in [4.69, 9.17) is 0 Å². The molecule has 0 aliphatic rings. The van der Waals surface area contributed by atoms with Crippen molar-refractivity contribution >= 4 is 10.0 Å². The van der Waals surface area contributed by atoms with Gasteiger partial charge in [0.2, 0.25) is 10.0 Å². The van der Waals surface area contributed by atoms with Gasteiger partial charge in [0.05, 0.1) is 6.10 Å². The minimum Gasteiger partial charge on any atom is -0.388 e. The van der Waals surface area contributed by atoms with Crippen LogP contribution in [0, 0.1) is 18.6 Å². The van der Waals surface area contributed by atoms with E-state index in [9.17, 15) is 22.3 Å². The molecule has 2 rings (SSSR count). The van der Waals surface area contributed by atoms with Crippen molar-refractivity contribution in [3.63, 3.8) is 0 Å². The third-order valence-electron chi connectivity index (χ3n) is 3.40. The number of rotatable bonds is 6. The molecule has 1 unspecified atom stereocenters. The van der Waals surface area contributed by atoms with Crippen molar-refractivity contribution in [3.8, 4) is 0 Å². The van der Waals surface area contributed by atoms with Gasteiger partial charge < -0.3 is 5.11 Å². The van der Waals surface area contributed by atoms with E-state index in [1.165, 1.54) is 6.92 Å². The standard InChI is InChI=1S/C16H17F2NO3S/c1-11-9-16(14(18)10-13(11)17)23(21,22)19-8-7-15(20)12-5-3-2-4-6-12/h2-6,9-10,15,19-20H,7-8H2,1H3. The monoisotopic (exact) mass is 341 g/mol. The van der Waals surface area contributed by atoms with Crippen LogP contribution in [-0.4, -0.2) is 20.1 Å². The van der Waals surface area contributed by atoms with E-state index in [1.807, 2.05) is 0 Å². The predicted molar refractivity (Wildman–Crippen MR) is 82.3 cm³/mol. The van der Waals surface area contributed by atoms with Gasteiger partial charge in [-0.1, -0.05) is 30.3 Å². The van der Waals surface area contributed by atoms with E-state index in [2.05, 4.69) is 4.72 Å². The maximum absolute atomic E-state index is 13.7. The minimum absolute atomic E-state index is 0.0381. The lowest BCUT2D eigenvalue weighted by atomic mass is 10.1. The summed E-state index contributed by atoms with van der Waals surface area (Å²) < 4.78 is 53.2. The van der Waals surface area contributed by atoms with E-state index in [0.717, 1.165) is 6.07 Å². The van der Waals surface area contributed by atoms with E-state index in [1.54, 1.807) is 30.3 Å². The minimum atomic E-state index is -4.11. The van der Waals surface area contributed by atoms with E-state index in [-0.39, 0.29) is 18.5 Å². The van der Waals surface area contributed by atoms with Crippen LogP contribution >= 0.6 is 0 Å². The Bertz CT molecular complexity index is 779. The summed E-state index contributed by atoms with van der Waals surface area (Å²) in [5.74, 6) is -1.95. The third-order valence-corrected chi connectivity index (χ3v) is 4.87. The zero-order valence-corrected chi connectivity index (χ0v) is 13.3. The van der Waals surface area contributed by atoms with Crippen molar-refractivity contribution in [2.24, 2.45) is 0 Å². The van der Waals surface area contributed by atoms with Gasteiger partial charge in [-0.15, -0.1) is 0 Å². The molecule has 0 spiro atoms. The Labute approximate surface area is 133 Å². The van der Waals surface area contributed by atoms with Gasteiger partial charge in [0.25, 0.3) is 0 Å². The predicted octanol–water partition coefficient (Wildman–Crippen LogP) is 2.68. The Balaban J connectivity index is 2.04. The summed E-state index contributed by atoms with van der Waals surface area (Å²) in [5, 5.41) is 9.96. The van der Waals surface area contributed by atoms with Gasteiger partial charge >= 0.3 is 0 Å². The molecule has 0 aliphatic heterocycles. The van der Waals surface area contributed by atoms with Gasteiger partial charge in [-0.05, 0) is 30.5 Å². The average molecular weight is 341 g/mol. The zero-order valence-electron chi connectivity index (χ0n) is 12.5. The Morgan fingerprint density at radius 1 is 1.13 bits per heavy atom. The average Bonchev–Trinajstić information content (AvgIpc) is 2.51. The molecule has 4 nitrogen and oxygen atoms in total. The lowest BCUT2D eigenvalue weighted by Gasteiger charge is -2.12. The molecule has 2 aromatic carbocycles. The molecule has 7 heteroatoms. The Morgan fingerprint density at radius 2 is 1.78 bits per heavy atom. The number of hydrogen-bond acceptors (Lipinski definition) is 3. The van der Waals surface area contributed by atoms with Crippen LogP contribution in [0.3, 0.4) is 0 Å². The molecule has 0 aliphatic carbocycles.